The van der Waals surface area contributed by atoms with Gasteiger partial charge in [0.1, 0.15) is 17.5 Å². The van der Waals surface area contributed by atoms with Crippen LogP contribution in [0.1, 0.15) is 23.2 Å². The third-order valence-corrected chi connectivity index (χ3v) is 4.03. The number of carbonyl (C=O) groups excluding carboxylic acids is 1. The minimum Gasteiger partial charge on any atom is -0.390 e. The Morgan fingerprint density at radius 1 is 1.30 bits per heavy atom. The molecule has 0 saturated carbocycles. The Bertz CT molecular complexity index is 636. The van der Waals surface area contributed by atoms with E-state index in [1.165, 1.54) is 19.1 Å². The van der Waals surface area contributed by atoms with Crippen molar-refractivity contribution in [3.8, 4) is 11.3 Å². The number of hydrogen-bond donors (Lipinski definition) is 2. The third kappa shape index (κ3) is 3.97. The maximum atomic E-state index is 12.3. The van der Waals surface area contributed by atoms with E-state index in [9.17, 15) is 9.90 Å². The van der Waals surface area contributed by atoms with E-state index in [4.69, 9.17) is 4.52 Å². The van der Waals surface area contributed by atoms with Crippen LogP contribution >= 0.6 is 0 Å². The van der Waals surface area contributed by atoms with E-state index >= 15 is 0 Å². The molecule has 0 unspecified atom stereocenters. The average molecular weight is 315 g/mol. The van der Waals surface area contributed by atoms with Crippen molar-refractivity contribution in [2.45, 2.75) is 18.9 Å². The lowest BCUT2D eigenvalue weighted by atomic mass is 10.1. The van der Waals surface area contributed by atoms with Gasteiger partial charge in [-0.2, -0.15) is 0 Å². The van der Waals surface area contributed by atoms with Crippen LogP contribution in [0.4, 0.5) is 0 Å². The molecule has 1 aliphatic rings. The average Bonchev–Trinajstić information content (AvgIpc) is 3.25. The van der Waals surface area contributed by atoms with Crippen LogP contribution in [0.5, 0.6) is 0 Å². The van der Waals surface area contributed by atoms with Crippen LogP contribution in [0, 0.1) is 0 Å². The number of likely N-dealkylation sites (tertiary alicyclic amines) is 1. The lowest BCUT2D eigenvalue weighted by Crippen LogP contribution is -2.39. The fraction of sp³-hybridized carbons (Fsp3) is 0.412. The van der Waals surface area contributed by atoms with Crippen molar-refractivity contribution in [1.82, 2.24) is 15.4 Å². The number of benzene rings is 1. The van der Waals surface area contributed by atoms with Crippen LogP contribution in [0.2, 0.25) is 0 Å². The van der Waals surface area contributed by atoms with Gasteiger partial charge in [-0.3, -0.25) is 4.79 Å². The maximum absolute atomic E-state index is 12.3. The van der Waals surface area contributed by atoms with Crippen LogP contribution in [0.15, 0.2) is 41.1 Å². The standard InChI is InChI=1S/C17H21N3O3/c21-14(11-20-8-4-5-9-20)10-18-17(22)15-12-23-19-16(15)13-6-2-1-3-7-13/h1-3,6-7,12,14,21H,4-5,8-11H2,(H,18,22)/t14-/m1/s1. The molecule has 2 heterocycles. The van der Waals surface area contributed by atoms with Crippen LogP contribution < -0.4 is 5.32 Å². The Labute approximate surface area is 135 Å². The van der Waals surface area contributed by atoms with Gasteiger partial charge in [0.05, 0.1) is 6.10 Å². The van der Waals surface area contributed by atoms with E-state index in [1.54, 1.807) is 0 Å². The molecule has 0 radical (unpaired) electrons. The highest BCUT2D eigenvalue weighted by Gasteiger charge is 2.19. The highest BCUT2D eigenvalue weighted by atomic mass is 16.5. The van der Waals surface area contributed by atoms with Crippen molar-refractivity contribution in [1.29, 1.82) is 0 Å². The first-order valence-electron chi connectivity index (χ1n) is 7.92. The largest absolute Gasteiger partial charge is 0.390 e. The summed E-state index contributed by atoms with van der Waals surface area (Å²) in [6.07, 6.45) is 3.13. The fourth-order valence-corrected chi connectivity index (χ4v) is 2.84. The minimum atomic E-state index is -0.572. The van der Waals surface area contributed by atoms with Crippen LogP contribution in [-0.4, -0.2) is 53.4 Å². The summed E-state index contributed by atoms with van der Waals surface area (Å²) in [5.74, 6) is -0.287. The Balaban J connectivity index is 1.57. The summed E-state index contributed by atoms with van der Waals surface area (Å²) in [4.78, 5) is 14.5. The summed E-state index contributed by atoms with van der Waals surface area (Å²) in [5.41, 5.74) is 1.71. The van der Waals surface area contributed by atoms with Gasteiger partial charge in [-0.25, -0.2) is 0 Å². The number of amides is 1. The van der Waals surface area contributed by atoms with E-state index < -0.39 is 6.10 Å². The molecule has 0 aliphatic carbocycles. The van der Waals surface area contributed by atoms with Gasteiger partial charge >= 0.3 is 0 Å². The van der Waals surface area contributed by atoms with E-state index in [-0.39, 0.29) is 12.5 Å². The Kier molecular flexibility index (Phi) is 5.05. The van der Waals surface area contributed by atoms with E-state index in [2.05, 4.69) is 15.4 Å². The molecule has 1 amide bonds. The first-order valence-corrected chi connectivity index (χ1v) is 7.92. The van der Waals surface area contributed by atoms with Crippen molar-refractivity contribution in [2.75, 3.05) is 26.2 Å². The molecule has 122 valence electrons. The number of aliphatic hydroxyl groups excluding tert-OH is 1. The van der Waals surface area contributed by atoms with Gasteiger partial charge in [0.25, 0.3) is 5.91 Å². The molecule has 0 bridgehead atoms. The molecule has 3 rings (SSSR count). The third-order valence-electron chi connectivity index (χ3n) is 4.03. The molecule has 1 aliphatic heterocycles. The van der Waals surface area contributed by atoms with Gasteiger partial charge in [0.15, 0.2) is 0 Å². The zero-order valence-electron chi connectivity index (χ0n) is 12.9. The second-order valence-corrected chi connectivity index (χ2v) is 5.81. The molecule has 2 N–H and O–H groups in total. The van der Waals surface area contributed by atoms with Crippen molar-refractivity contribution >= 4 is 5.91 Å². The molecular weight excluding hydrogens is 294 g/mol. The van der Waals surface area contributed by atoms with Crippen molar-refractivity contribution in [3.63, 3.8) is 0 Å². The van der Waals surface area contributed by atoms with Gasteiger partial charge in [0.2, 0.25) is 0 Å². The maximum Gasteiger partial charge on any atom is 0.256 e. The molecule has 6 nitrogen and oxygen atoms in total. The zero-order chi connectivity index (χ0) is 16.1. The Hall–Kier alpha value is -2.18. The lowest BCUT2D eigenvalue weighted by Gasteiger charge is -2.19. The minimum absolute atomic E-state index is 0.217. The van der Waals surface area contributed by atoms with E-state index in [0.29, 0.717) is 17.8 Å². The molecule has 1 saturated heterocycles. The molecule has 1 atom stereocenters. The molecule has 1 aromatic carbocycles. The first-order chi connectivity index (χ1) is 11.2. The van der Waals surface area contributed by atoms with Crippen molar-refractivity contribution in [2.24, 2.45) is 0 Å². The normalized spacial score (nSPS) is 16.4. The van der Waals surface area contributed by atoms with Gasteiger partial charge in [-0.05, 0) is 25.9 Å². The molecule has 6 heteroatoms. The van der Waals surface area contributed by atoms with Crippen LogP contribution in [0.25, 0.3) is 11.3 Å². The van der Waals surface area contributed by atoms with E-state index in [1.807, 2.05) is 30.3 Å². The van der Waals surface area contributed by atoms with Gasteiger partial charge in [-0.15, -0.1) is 0 Å². The number of hydrogen-bond acceptors (Lipinski definition) is 5. The molecule has 1 fully saturated rings. The summed E-state index contributed by atoms with van der Waals surface area (Å²) in [6.45, 7) is 2.85. The van der Waals surface area contributed by atoms with Crippen LogP contribution in [0.3, 0.4) is 0 Å². The topological polar surface area (TPSA) is 78.6 Å². The Morgan fingerprint density at radius 2 is 2.04 bits per heavy atom. The highest BCUT2D eigenvalue weighted by molar-refractivity contribution is 5.99. The summed E-state index contributed by atoms with van der Waals surface area (Å²) in [5, 5.41) is 16.7. The second-order valence-electron chi connectivity index (χ2n) is 5.81. The molecule has 0 spiro atoms. The zero-order valence-corrected chi connectivity index (χ0v) is 12.9. The van der Waals surface area contributed by atoms with E-state index in [0.717, 1.165) is 18.7 Å². The number of β-amino-alcohol motifs (C(OH)–C–C–N with tert-alkyl or cyclic N) is 1. The first kappa shape index (κ1) is 15.7. The van der Waals surface area contributed by atoms with Gasteiger partial charge < -0.3 is 19.8 Å². The summed E-state index contributed by atoms with van der Waals surface area (Å²) < 4.78 is 4.95. The van der Waals surface area contributed by atoms with Gasteiger partial charge in [0, 0.05) is 18.7 Å². The van der Waals surface area contributed by atoms with Crippen LogP contribution in [-0.2, 0) is 0 Å². The summed E-state index contributed by atoms with van der Waals surface area (Å²) >= 11 is 0. The predicted molar refractivity (Wildman–Crippen MR) is 86.0 cm³/mol. The quantitative estimate of drug-likeness (QED) is 0.845. The monoisotopic (exact) mass is 315 g/mol. The Morgan fingerprint density at radius 3 is 2.78 bits per heavy atom. The fourth-order valence-electron chi connectivity index (χ4n) is 2.84. The molecule has 2 aromatic rings. The summed E-state index contributed by atoms with van der Waals surface area (Å²) in [6, 6.07) is 9.41. The van der Waals surface area contributed by atoms with Crippen molar-refractivity contribution in [3.05, 3.63) is 42.2 Å². The second kappa shape index (κ2) is 7.39. The SMILES string of the molecule is O=C(NC[C@@H](O)CN1CCCC1)c1conc1-c1ccccc1. The smallest absolute Gasteiger partial charge is 0.256 e. The molecule has 1 aromatic heterocycles. The number of aromatic nitrogens is 1. The number of rotatable bonds is 6. The molecular formula is C17H21N3O3. The number of carbonyl (C=O) groups is 1. The van der Waals surface area contributed by atoms with Crippen molar-refractivity contribution < 1.29 is 14.4 Å². The predicted octanol–water partition coefficient (Wildman–Crippen LogP) is 1.53. The van der Waals surface area contributed by atoms with Gasteiger partial charge in [-0.1, -0.05) is 35.5 Å². The lowest BCUT2D eigenvalue weighted by molar-refractivity contribution is 0.0879. The number of aliphatic hydroxyl groups is 1. The summed E-state index contributed by atoms with van der Waals surface area (Å²) in [7, 11) is 0. The highest BCUT2D eigenvalue weighted by Crippen LogP contribution is 2.21. The number of nitrogens with zero attached hydrogens (tertiary/aromatic N) is 2. The molecule has 23 heavy (non-hydrogen) atoms. The number of nitrogens with one attached hydrogen (secondary N) is 1.